The van der Waals surface area contributed by atoms with Crippen molar-refractivity contribution in [1.82, 2.24) is 14.9 Å². The average molecular weight is 308 g/mol. The maximum atomic E-state index is 12.7. The number of pyridine rings is 1. The molecule has 0 spiro atoms. The highest BCUT2D eigenvalue weighted by Gasteiger charge is 2.27. The Morgan fingerprint density at radius 2 is 2.24 bits per heavy atom. The van der Waals surface area contributed by atoms with Crippen LogP contribution in [0.2, 0.25) is 0 Å². The summed E-state index contributed by atoms with van der Waals surface area (Å²) in [6.45, 7) is 3.58. The van der Waals surface area contributed by atoms with E-state index in [0.29, 0.717) is 18.4 Å². The molecule has 5 nitrogen and oxygen atoms in total. The number of hydrogen-bond acceptors (Lipinski definition) is 6. The van der Waals surface area contributed by atoms with Gasteiger partial charge >= 0.3 is 0 Å². The summed E-state index contributed by atoms with van der Waals surface area (Å²) in [6, 6.07) is 2.92. The topological polar surface area (TPSA) is 50.3 Å². The molecular weight excluding hydrogens is 291 g/mol. The van der Waals surface area contributed by atoms with E-state index in [9.17, 15) is 4.39 Å². The third kappa shape index (κ3) is 3.68. The number of hydrogen-bond donors (Lipinski definition) is 1. The minimum atomic E-state index is -0.345. The first-order valence-electron chi connectivity index (χ1n) is 6.82. The summed E-state index contributed by atoms with van der Waals surface area (Å²) in [5, 5.41) is 3.99. The molecule has 1 aliphatic heterocycles. The fourth-order valence-corrected chi connectivity index (χ4v) is 3.09. The van der Waals surface area contributed by atoms with Crippen LogP contribution in [0.4, 0.5) is 9.52 Å². The SMILES string of the molecule is CNc1ncc(CN2CC(COc3ccc(F)cn3)C2)s1. The van der Waals surface area contributed by atoms with Crippen molar-refractivity contribution in [3.8, 4) is 5.88 Å². The monoisotopic (exact) mass is 308 g/mol. The summed E-state index contributed by atoms with van der Waals surface area (Å²) >= 11 is 1.68. The summed E-state index contributed by atoms with van der Waals surface area (Å²) in [5.74, 6) is 0.646. The molecular formula is C14H17FN4OS. The molecule has 0 unspecified atom stereocenters. The van der Waals surface area contributed by atoms with Crippen LogP contribution in [-0.4, -0.2) is 41.6 Å². The Morgan fingerprint density at radius 1 is 1.38 bits per heavy atom. The first kappa shape index (κ1) is 14.2. The molecule has 112 valence electrons. The molecule has 0 aromatic carbocycles. The smallest absolute Gasteiger partial charge is 0.213 e. The van der Waals surface area contributed by atoms with E-state index >= 15 is 0 Å². The van der Waals surface area contributed by atoms with Gasteiger partial charge in [0.1, 0.15) is 5.82 Å². The van der Waals surface area contributed by atoms with Gasteiger partial charge in [-0.05, 0) is 6.07 Å². The van der Waals surface area contributed by atoms with E-state index < -0.39 is 0 Å². The molecule has 1 aliphatic rings. The highest BCUT2D eigenvalue weighted by molar-refractivity contribution is 7.15. The lowest BCUT2D eigenvalue weighted by Crippen LogP contribution is -2.48. The van der Waals surface area contributed by atoms with Crippen molar-refractivity contribution >= 4 is 16.5 Å². The zero-order valence-electron chi connectivity index (χ0n) is 11.8. The highest BCUT2D eigenvalue weighted by atomic mass is 32.1. The third-order valence-electron chi connectivity index (χ3n) is 3.35. The van der Waals surface area contributed by atoms with Gasteiger partial charge in [-0.15, -0.1) is 11.3 Å². The van der Waals surface area contributed by atoms with Gasteiger partial charge in [0.25, 0.3) is 0 Å². The van der Waals surface area contributed by atoms with Crippen LogP contribution >= 0.6 is 11.3 Å². The Balaban J connectivity index is 1.38. The van der Waals surface area contributed by atoms with Crippen molar-refractivity contribution in [3.63, 3.8) is 0 Å². The fraction of sp³-hybridized carbons (Fsp3) is 0.429. The maximum absolute atomic E-state index is 12.7. The number of likely N-dealkylation sites (tertiary alicyclic amines) is 1. The van der Waals surface area contributed by atoms with Gasteiger partial charge < -0.3 is 10.1 Å². The van der Waals surface area contributed by atoms with Crippen LogP contribution in [0, 0.1) is 11.7 Å². The van der Waals surface area contributed by atoms with Gasteiger partial charge in [0, 0.05) is 49.7 Å². The molecule has 0 bridgehead atoms. The molecule has 2 aromatic rings. The summed E-state index contributed by atoms with van der Waals surface area (Å²) in [6.07, 6.45) is 3.09. The van der Waals surface area contributed by atoms with E-state index in [0.717, 1.165) is 24.8 Å². The summed E-state index contributed by atoms with van der Waals surface area (Å²) < 4.78 is 18.3. The van der Waals surface area contributed by atoms with Crippen LogP contribution in [0.3, 0.4) is 0 Å². The van der Waals surface area contributed by atoms with E-state index in [1.54, 1.807) is 17.4 Å². The second-order valence-corrected chi connectivity index (χ2v) is 6.18. The van der Waals surface area contributed by atoms with Gasteiger partial charge in [0.05, 0.1) is 12.8 Å². The molecule has 0 radical (unpaired) electrons. The quantitative estimate of drug-likeness (QED) is 0.887. The van der Waals surface area contributed by atoms with Gasteiger partial charge in [-0.2, -0.15) is 0 Å². The van der Waals surface area contributed by atoms with Crippen LogP contribution in [-0.2, 0) is 6.54 Å². The molecule has 1 saturated heterocycles. The van der Waals surface area contributed by atoms with Gasteiger partial charge in [0.15, 0.2) is 5.13 Å². The van der Waals surface area contributed by atoms with Gasteiger partial charge in [-0.3, -0.25) is 4.90 Å². The van der Waals surface area contributed by atoms with E-state index in [-0.39, 0.29) is 5.82 Å². The second kappa shape index (κ2) is 6.36. The Morgan fingerprint density at radius 3 is 2.90 bits per heavy atom. The minimum absolute atomic E-state index is 0.345. The molecule has 3 rings (SSSR count). The van der Waals surface area contributed by atoms with Gasteiger partial charge in [0.2, 0.25) is 5.88 Å². The first-order valence-corrected chi connectivity index (χ1v) is 7.64. The molecule has 21 heavy (non-hydrogen) atoms. The number of aromatic nitrogens is 2. The minimum Gasteiger partial charge on any atom is -0.477 e. The molecule has 3 heterocycles. The lowest BCUT2D eigenvalue weighted by atomic mass is 10.0. The number of thiazole rings is 1. The van der Waals surface area contributed by atoms with Crippen LogP contribution in [0.25, 0.3) is 0 Å². The number of halogens is 1. The van der Waals surface area contributed by atoms with Gasteiger partial charge in [-0.25, -0.2) is 14.4 Å². The van der Waals surface area contributed by atoms with Crippen molar-refractivity contribution in [2.45, 2.75) is 6.54 Å². The normalized spacial score (nSPS) is 15.7. The summed E-state index contributed by atoms with van der Waals surface area (Å²) in [7, 11) is 1.88. The predicted octanol–water partition coefficient (Wildman–Crippen LogP) is 2.23. The maximum Gasteiger partial charge on any atom is 0.213 e. The number of nitrogens with zero attached hydrogens (tertiary/aromatic N) is 3. The average Bonchev–Trinajstić information content (AvgIpc) is 2.91. The van der Waals surface area contributed by atoms with E-state index in [4.69, 9.17) is 4.74 Å². The Kier molecular flexibility index (Phi) is 4.31. The van der Waals surface area contributed by atoms with Crippen molar-refractivity contribution in [1.29, 1.82) is 0 Å². The summed E-state index contributed by atoms with van der Waals surface area (Å²) in [4.78, 5) is 11.8. The van der Waals surface area contributed by atoms with Crippen molar-refractivity contribution in [2.75, 3.05) is 32.1 Å². The van der Waals surface area contributed by atoms with Crippen LogP contribution < -0.4 is 10.1 Å². The standard InChI is InChI=1S/C14H17FN4OS/c1-16-14-18-5-12(21-14)8-19-6-10(7-19)9-20-13-3-2-11(15)4-17-13/h2-5,10H,6-9H2,1H3,(H,16,18). The first-order chi connectivity index (χ1) is 10.2. The van der Waals surface area contributed by atoms with Crippen LogP contribution in [0.15, 0.2) is 24.5 Å². The van der Waals surface area contributed by atoms with E-state index in [2.05, 4.69) is 20.2 Å². The molecule has 2 aromatic heterocycles. The number of ether oxygens (including phenoxy) is 1. The second-order valence-electron chi connectivity index (χ2n) is 5.07. The zero-order chi connectivity index (χ0) is 14.7. The molecule has 7 heteroatoms. The predicted molar refractivity (Wildman–Crippen MR) is 80.1 cm³/mol. The van der Waals surface area contributed by atoms with Crippen molar-refractivity contribution in [2.24, 2.45) is 5.92 Å². The van der Waals surface area contributed by atoms with Crippen LogP contribution in [0.1, 0.15) is 4.88 Å². The lowest BCUT2D eigenvalue weighted by Gasteiger charge is -2.38. The number of anilines is 1. The fourth-order valence-electron chi connectivity index (χ4n) is 2.28. The van der Waals surface area contributed by atoms with Gasteiger partial charge in [-0.1, -0.05) is 0 Å². The molecule has 0 aliphatic carbocycles. The highest BCUT2D eigenvalue weighted by Crippen LogP contribution is 2.24. The number of nitrogens with one attached hydrogen (secondary N) is 1. The van der Waals surface area contributed by atoms with E-state index in [1.807, 2.05) is 13.2 Å². The molecule has 1 N–H and O–H groups in total. The third-order valence-corrected chi connectivity index (χ3v) is 4.35. The Bertz CT molecular complexity index is 583. The van der Waals surface area contributed by atoms with Crippen molar-refractivity contribution < 1.29 is 9.13 Å². The van der Waals surface area contributed by atoms with Crippen molar-refractivity contribution in [3.05, 3.63) is 35.2 Å². The van der Waals surface area contributed by atoms with E-state index in [1.165, 1.54) is 17.1 Å². The largest absolute Gasteiger partial charge is 0.477 e. The Labute approximate surface area is 126 Å². The molecule has 1 fully saturated rings. The molecule has 0 atom stereocenters. The zero-order valence-corrected chi connectivity index (χ0v) is 12.6. The molecule has 0 amide bonds. The van der Waals surface area contributed by atoms with Crippen LogP contribution in [0.5, 0.6) is 5.88 Å². The number of rotatable bonds is 6. The summed E-state index contributed by atoms with van der Waals surface area (Å²) in [5.41, 5.74) is 0. The lowest BCUT2D eigenvalue weighted by molar-refractivity contribution is 0.0551. The molecule has 0 saturated carbocycles. The Hall–Kier alpha value is -1.73.